The minimum atomic E-state index is -4.56. The summed E-state index contributed by atoms with van der Waals surface area (Å²) < 4.78 is 76.0. The number of nitrogens with one attached hydrogen (secondary N) is 1. The lowest BCUT2D eigenvalue weighted by Crippen LogP contribution is -2.15. The van der Waals surface area contributed by atoms with Crippen LogP contribution < -0.4 is 9.46 Å². The zero-order chi connectivity index (χ0) is 18.1. The summed E-state index contributed by atoms with van der Waals surface area (Å²) in [5, 5.41) is 0. The monoisotopic (exact) mass is 373 g/mol. The third-order valence-electron chi connectivity index (χ3n) is 3.43. The molecule has 1 atom stereocenters. The van der Waals surface area contributed by atoms with Crippen LogP contribution in [0.25, 0.3) is 0 Å². The Hall–Kier alpha value is -2.26. The molecule has 1 aliphatic rings. The summed E-state index contributed by atoms with van der Waals surface area (Å²) >= 11 is 0. The number of rotatable bonds is 6. The normalized spacial score (nSPS) is 17.2. The number of hydrogen-bond donors (Lipinski definition) is 1. The number of epoxide rings is 1. The third kappa shape index (κ3) is 4.43. The van der Waals surface area contributed by atoms with Crippen LogP contribution >= 0.6 is 0 Å². The molecule has 1 fully saturated rings. The lowest BCUT2D eigenvalue weighted by atomic mass is 10.2. The van der Waals surface area contributed by atoms with Gasteiger partial charge in [-0.3, -0.25) is 4.72 Å². The Labute approximate surface area is 142 Å². The van der Waals surface area contributed by atoms with Gasteiger partial charge in [-0.15, -0.1) is 0 Å². The predicted octanol–water partition coefficient (Wildman–Crippen LogP) is 3.28. The van der Waals surface area contributed by atoms with Gasteiger partial charge < -0.3 is 9.47 Å². The summed E-state index contributed by atoms with van der Waals surface area (Å²) in [5.74, 6) is -0.204. The van der Waals surface area contributed by atoms with Crippen LogP contribution in [0.5, 0.6) is 5.75 Å². The van der Waals surface area contributed by atoms with Crippen molar-refractivity contribution in [2.45, 2.75) is 17.2 Å². The molecule has 1 saturated heterocycles. The minimum absolute atomic E-state index is 0.00799. The van der Waals surface area contributed by atoms with Crippen LogP contribution in [0, 0.1) is 0 Å². The molecule has 9 heteroatoms. The van der Waals surface area contributed by atoms with Gasteiger partial charge in [0.2, 0.25) is 0 Å². The fourth-order valence-corrected chi connectivity index (χ4v) is 3.14. The van der Waals surface area contributed by atoms with Gasteiger partial charge in [-0.25, -0.2) is 8.42 Å². The first-order valence-corrected chi connectivity index (χ1v) is 8.77. The molecule has 25 heavy (non-hydrogen) atoms. The number of halogens is 3. The maximum Gasteiger partial charge on any atom is 0.416 e. The molecular weight excluding hydrogens is 359 g/mol. The van der Waals surface area contributed by atoms with Gasteiger partial charge >= 0.3 is 6.18 Å². The van der Waals surface area contributed by atoms with Crippen LogP contribution in [-0.4, -0.2) is 27.7 Å². The van der Waals surface area contributed by atoms with Crippen molar-refractivity contribution in [3.8, 4) is 5.75 Å². The molecule has 1 aliphatic heterocycles. The van der Waals surface area contributed by atoms with E-state index in [1.54, 1.807) is 18.2 Å². The molecule has 0 aliphatic carbocycles. The Morgan fingerprint density at radius 1 is 1.16 bits per heavy atom. The Balaban J connectivity index is 1.91. The van der Waals surface area contributed by atoms with Gasteiger partial charge in [0.05, 0.1) is 22.8 Å². The quantitative estimate of drug-likeness (QED) is 0.789. The van der Waals surface area contributed by atoms with Crippen LogP contribution in [0.3, 0.4) is 0 Å². The first kappa shape index (κ1) is 17.6. The molecule has 0 bridgehead atoms. The molecule has 5 nitrogen and oxygen atoms in total. The highest BCUT2D eigenvalue weighted by Gasteiger charge is 2.32. The van der Waals surface area contributed by atoms with Gasteiger partial charge in [0.1, 0.15) is 18.5 Å². The second kappa shape index (κ2) is 6.57. The zero-order valence-electron chi connectivity index (χ0n) is 12.8. The standard InChI is InChI=1S/C16H14F3NO4S/c17-16(18,19)11-6-7-14(15(8-11)24-10-12-9-23-12)20-25(21,22)13-4-2-1-3-5-13/h1-8,12,20H,9-10H2. The van der Waals surface area contributed by atoms with Gasteiger partial charge in [-0.2, -0.15) is 13.2 Å². The van der Waals surface area contributed by atoms with E-state index in [0.717, 1.165) is 18.2 Å². The molecule has 2 aromatic carbocycles. The SMILES string of the molecule is O=S(=O)(Nc1ccc(C(F)(F)F)cc1OCC1CO1)c1ccccc1. The van der Waals surface area contributed by atoms with Crippen molar-refractivity contribution in [1.29, 1.82) is 0 Å². The highest BCUT2D eigenvalue weighted by atomic mass is 32.2. The first-order chi connectivity index (χ1) is 11.8. The van der Waals surface area contributed by atoms with Crippen molar-refractivity contribution in [2.75, 3.05) is 17.9 Å². The van der Waals surface area contributed by atoms with Crippen molar-refractivity contribution in [2.24, 2.45) is 0 Å². The van der Waals surface area contributed by atoms with Gasteiger partial charge in [0.25, 0.3) is 10.0 Å². The van der Waals surface area contributed by atoms with E-state index in [-0.39, 0.29) is 29.0 Å². The van der Waals surface area contributed by atoms with E-state index in [1.165, 1.54) is 12.1 Å². The smallest absolute Gasteiger partial charge is 0.416 e. The Morgan fingerprint density at radius 2 is 1.84 bits per heavy atom. The largest absolute Gasteiger partial charge is 0.489 e. The molecular formula is C16H14F3NO4S. The number of ether oxygens (including phenoxy) is 2. The van der Waals surface area contributed by atoms with Gasteiger partial charge in [0, 0.05) is 0 Å². The minimum Gasteiger partial charge on any atom is -0.489 e. The number of hydrogen-bond acceptors (Lipinski definition) is 4. The number of benzene rings is 2. The van der Waals surface area contributed by atoms with Gasteiger partial charge in [-0.05, 0) is 30.3 Å². The fourth-order valence-electron chi connectivity index (χ4n) is 2.05. The number of anilines is 1. The van der Waals surface area contributed by atoms with E-state index < -0.39 is 21.8 Å². The lowest BCUT2D eigenvalue weighted by Gasteiger charge is -2.15. The van der Waals surface area contributed by atoms with Gasteiger partial charge in [-0.1, -0.05) is 18.2 Å². The molecule has 0 amide bonds. The van der Waals surface area contributed by atoms with E-state index in [2.05, 4.69) is 4.72 Å². The maximum atomic E-state index is 12.9. The molecule has 0 aromatic heterocycles. The molecule has 1 heterocycles. The van der Waals surface area contributed by atoms with Crippen molar-refractivity contribution in [1.82, 2.24) is 0 Å². The molecule has 0 radical (unpaired) electrons. The molecule has 0 saturated carbocycles. The average molecular weight is 373 g/mol. The lowest BCUT2D eigenvalue weighted by molar-refractivity contribution is -0.137. The number of alkyl halides is 3. The summed E-state index contributed by atoms with van der Waals surface area (Å²) in [4.78, 5) is -0.00799. The predicted molar refractivity (Wildman–Crippen MR) is 83.9 cm³/mol. The van der Waals surface area contributed by atoms with E-state index >= 15 is 0 Å². The highest BCUT2D eigenvalue weighted by Crippen LogP contribution is 2.36. The Kier molecular flexibility index (Phi) is 4.61. The van der Waals surface area contributed by atoms with Gasteiger partial charge in [0.15, 0.2) is 0 Å². The molecule has 1 unspecified atom stereocenters. The fraction of sp³-hybridized carbons (Fsp3) is 0.250. The van der Waals surface area contributed by atoms with Crippen LogP contribution in [0.2, 0.25) is 0 Å². The van der Waals surface area contributed by atoms with Crippen molar-refractivity contribution < 1.29 is 31.1 Å². The first-order valence-electron chi connectivity index (χ1n) is 7.29. The topological polar surface area (TPSA) is 67.9 Å². The Morgan fingerprint density at radius 3 is 2.44 bits per heavy atom. The second-order valence-electron chi connectivity index (χ2n) is 5.39. The Bertz CT molecular complexity index is 849. The van der Waals surface area contributed by atoms with Crippen LogP contribution in [0.15, 0.2) is 53.4 Å². The van der Waals surface area contributed by atoms with Crippen LogP contribution in [0.4, 0.5) is 18.9 Å². The number of sulfonamides is 1. The maximum absolute atomic E-state index is 12.9. The summed E-state index contributed by atoms with van der Waals surface area (Å²) in [6.07, 6.45) is -4.75. The van der Waals surface area contributed by atoms with Crippen molar-refractivity contribution in [3.05, 3.63) is 54.1 Å². The van der Waals surface area contributed by atoms with E-state index in [4.69, 9.17) is 9.47 Å². The molecule has 2 aromatic rings. The zero-order valence-corrected chi connectivity index (χ0v) is 13.6. The average Bonchev–Trinajstić information content (AvgIpc) is 3.38. The highest BCUT2D eigenvalue weighted by molar-refractivity contribution is 7.92. The summed E-state index contributed by atoms with van der Waals surface area (Å²) in [7, 11) is -3.95. The molecule has 0 spiro atoms. The van der Waals surface area contributed by atoms with E-state index in [9.17, 15) is 21.6 Å². The van der Waals surface area contributed by atoms with Crippen molar-refractivity contribution in [3.63, 3.8) is 0 Å². The summed E-state index contributed by atoms with van der Waals surface area (Å²) in [6.45, 7) is 0.505. The summed E-state index contributed by atoms with van der Waals surface area (Å²) in [5.41, 5.74) is -1.00. The van der Waals surface area contributed by atoms with E-state index in [1.807, 2.05) is 0 Å². The molecule has 1 N–H and O–H groups in total. The molecule has 134 valence electrons. The molecule has 3 rings (SSSR count). The van der Waals surface area contributed by atoms with E-state index in [0.29, 0.717) is 6.61 Å². The second-order valence-corrected chi connectivity index (χ2v) is 7.08. The van der Waals surface area contributed by atoms with Crippen molar-refractivity contribution >= 4 is 15.7 Å². The third-order valence-corrected chi connectivity index (χ3v) is 4.82. The van der Waals surface area contributed by atoms with Crippen LogP contribution in [-0.2, 0) is 20.9 Å². The van der Waals surface area contributed by atoms with Crippen LogP contribution in [0.1, 0.15) is 5.56 Å². The summed E-state index contributed by atoms with van der Waals surface area (Å²) in [6, 6.07) is 10.1.